The molecule has 0 bridgehead atoms. The van der Waals surface area contributed by atoms with Gasteiger partial charge in [0.05, 0.1) is 27.9 Å². The fourth-order valence-electron chi connectivity index (χ4n) is 2.91. The van der Waals surface area contributed by atoms with Gasteiger partial charge in [-0.15, -0.1) is 5.11 Å². The molecule has 1 heterocycles. The number of azo groups is 1. The molecule has 30 heavy (non-hydrogen) atoms. The van der Waals surface area contributed by atoms with Crippen molar-refractivity contribution in [3.8, 4) is 5.75 Å². The lowest BCUT2D eigenvalue weighted by molar-refractivity contribution is 0.472. The second kappa shape index (κ2) is 6.84. The standard InChI is InChI=1S/C17H12N4O7S2/c22-17-11-5-6-13-15(19-8-18-13)12(11)7-14(30(26,27)28)16(17)21-20-9-1-3-10(4-2-9)29(23,24)25/h1-8,22H,(H,18,19)(H,23,24,25)(H,26,27,28). The smallest absolute Gasteiger partial charge is 0.296 e. The zero-order chi connectivity index (χ0) is 21.7. The number of hydrogen-bond donors (Lipinski definition) is 4. The fourth-order valence-corrected chi connectivity index (χ4v) is 4.04. The Balaban J connectivity index is 1.90. The fraction of sp³-hybridized carbons (Fsp3) is 0. The molecule has 1 aromatic heterocycles. The van der Waals surface area contributed by atoms with Crippen LogP contribution >= 0.6 is 0 Å². The largest absolute Gasteiger partial charge is 0.505 e. The lowest BCUT2D eigenvalue weighted by atomic mass is 10.1. The lowest BCUT2D eigenvalue weighted by Crippen LogP contribution is -1.99. The minimum Gasteiger partial charge on any atom is -0.505 e. The number of benzene rings is 3. The first-order chi connectivity index (χ1) is 14.1. The monoisotopic (exact) mass is 448 g/mol. The summed E-state index contributed by atoms with van der Waals surface area (Å²) in [5.41, 5.74) is 0.582. The van der Waals surface area contributed by atoms with Gasteiger partial charge >= 0.3 is 0 Å². The first-order valence-corrected chi connectivity index (χ1v) is 11.0. The Morgan fingerprint density at radius 2 is 1.57 bits per heavy atom. The van der Waals surface area contributed by atoms with Gasteiger partial charge in [0.15, 0.2) is 5.75 Å². The Bertz CT molecular complexity index is 1540. The zero-order valence-electron chi connectivity index (χ0n) is 14.8. The van der Waals surface area contributed by atoms with E-state index < -0.39 is 36.6 Å². The van der Waals surface area contributed by atoms with Crippen molar-refractivity contribution in [1.82, 2.24) is 9.97 Å². The van der Waals surface area contributed by atoms with Crippen molar-refractivity contribution in [2.45, 2.75) is 9.79 Å². The third-order valence-corrected chi connectivity index (χ3v) is 6.03. The number of nitrogens with one attached hydrogen (secondary N) is 1. The van der Waals surface area contributed by atoms with Gasteiger partial charge in [0, 0.05) is 10.8 Å². The third kappa shape index (κ3) is 3.50. The Kier molecular flexibility index (Phi) is 4.54. The summed E-state index contributed by atoms with van der Waals surface area (Å²) in [5, 5.41) is 18.7. The maximum Gasteiger partial charge on any atom is 0.296 e. The van der Waals surface area contributed by atoms with Crippen LogP contribution in [-0.2, 0) is 20.2 Å². The Hall–Kier alpha value is -3.39. The van der Waals surface area contributed by atoms with Crippen LogP contribution in [0.5, 0.6) is 5.75 Å². The molecular formula is C17H12N4O7S2. The molecule has 0 aliphatic rings. The maximum atomic E-state index is 11.9. The number of nitrogens with zero attached hydrogens (tertiary/aromatic N) is 3. The molecule has 0 amide bonds. The van der Waals surface area contributed by atoms with Crippen LogP contribution in [0.2, 0.25) is 0 Å². The van der Waals surface area contributed by atoms with Gasteiger partial charge < -0.3 is 10.1 Å². The summed E-state index contributed by atoms with van der Waals surface area (Å²) in [4.78, 5) is 5.91. The molecular weight excluding hydrogens is 436 g/mol. The molecule has 0 aliphatic heterocycles. The number of phenols is 1. The molecule has 4 rings (SSSR count). The third-order valence-electron chi connectivity index (χ3n) is 4.30. The van der Waals surface area contributed by atoms with Crippen LogP contribution in [0.15, 0.2) is 68.8 Å². The number of rotatable bonds is 4. The molecule has 0 radical (unpaired) electrons. The molecule has 13 heteroatoms. The summed E-state index contributed by atoms with van der Waals surface area (Å²) in [6.45, 7) is 0. The molecule has 0 fully saturated rings. The van der Waals surface area contributed by atoms with Gasteiger partial charge in [0.25, 0.3) is 20.2 Å². The lowest BCUT2D eigenvalue weighted by Gasteiger charge is -2.09. The molecule has 11 nitrogen and oxygen atoms in total. The van der Waals surface area contributed by atoms with E-state index in [1.54, 1.807) is 6.07 Å². The highest BCUT2D eigenvalue weighted by molar-refractivity contribution is 7.86. The number of aromatic amines is 1. The number of imidazole rings is 1. The van der Waals surface area contributed by atoms with Crippen molar-refractivity contribution in [2.24, 2.45) is 10.2 Å². The molecule has 4 aromatic rings. The van der Waals surface area contributed by atoms with Gasteiger partial charge in [0.1, 0.15) is 10.6 Å². The van der Waals surface area contributed by atoms with Gasteiger partial charge in [-0.3, -0.25) is 9.11 Å². The topological polar surface area (TPSA) is 182 Å². The molecule has 0 saturated carbocycles. The second-order valence-corrected chi connectivity index (χ2v) is 8.99. The van der Waals surface area contributed by atoms with Crippen molar-refractivity contribution in [1.29, 1.82) is 0 Å². The molecule has 0 unspecified atom stereocenters. The molecule has 154 valence electrons. The van der Waals surface area contributed by atoms with Crippen LogP contribution in [0.4, 0.5) is 11.4 Å². The SMILES string of the molecule is O=S(=O)(O)c1ccc(N=Nc2c(S(=O)(=O)O)cc3c(ccc4[nH]cnc43)c2O)cc1. The summed E-state index contributed by atoms with van der Waals surface area (Å²) in [6, 6.07) is 8.86. The van der Waals surface area contributed by atoms with Crippen LogP contribution in [0.1, 0.15) is 0 Å². The second-order valence-electron chi connectivity index (χ2n) is 6.18. The number of phenolic OH excluding ortho intramolecular Hbond substituents is 1. The number of H-pyrrole nitrogens is 1. The predicted molar refractivity (Wildman–Crippen MR) is 106 cm³/mol. The van der Waals surface area contributed by atoms with Crippen LogP contribution < -0.4 is 0 Å². The first kappa shape index (κ1) is 19.9. The maximum absolute atomic E-state index is 11.9. The van der Waals surface area contributed by atoms with Gasteiger partial charge in [-0.2, -0.15) is 21.9 Å². The highest BCUT2D eigenvalue weighted by Gasteiger charge is 2.23. The van der Waals surface area contributed by atoms with Crippen LogP contribution in [-0.4, -0.2) is 41.0 Å². The average Bonchev–Trinajstić information content (AvgIpc) is 3.15. The van der Waals surface area contributed by atoms with E-state index >= 15 is 0 Å². The van der Waals surface area contributed by atoms with Crippen molar-refractivity contribution in [3.05, 3.63) is 48.8 Å². The zero-order valence-corrected chi connectivity index (χ0v) is 16.4. The van der Waals surface area contributed by atoms with E-state index in [2.05, 4.69) is 20.2 Å². The van der Waals surface area contributed by atoms with E-state index in [-0.39, 0.29) is 21.4 Å². The number of aromatic nitrogens is 2. The summed E-state index contributed by atoms with van der Waals surface area (Å²) in [6.07, 6.45) is 1.40. The van der Waals surface area contributed by atoms with Gasteiger partial charge in [0.2, 0.25) is 0 Å². The van der Waals surface area contributed by atoms with Crippen LogP contribution in [0.3, 0.4) is 0 Å². The molecule has 0 atom stereocenters. The highest BCUT2D eigenvalue weighted by Crippen LogP contribution is 2.42. The van der Waals surface area contributed by atoms with Gasteiger partial charge in [-0.25, -0.2) is 4.98 Å². The summed E-state index contributed by atoms with van der Waals surface area (Å²) in [5.74, 6) is -0.539. The highest BCUT2D eigenvalue weighted by atomic mass is 32.2. The van der Waals surface area contributed by atoms with Crippen molar-refractivity contribution in [2.75, 3.05) is 0 Å². The van der Waals surface area contributed by atoms with E-state index in [0.29, 0.717) is 11.0 Å². The van der Waals surface area contributed by atoms with E-state index in [0.717, 1.165) is 18.2 Å². The normalized spacial score (nSPS) is 12.9. The molecule has 0 spiro atoms. The van der Waals surface area contributed by atoms with Gasteiger partial charge in [-0.05, 0) is 42.5 Å². The summed E-state index contributed by atoms with van der Waals surface area (Å²) in [7, 11) is -9.18. The van der Waals surface area contributed by atoms with E-state index in [4.69, 9.17) is 4.55 Å². The molecule has 0 aliphatic carbocycles. The molecule has 3 aromatic carbocycles. The van der Waals surface area contributed by atoms with Crippen molar-refractivity contribution >= 4 is 53.4 Å². The minimum absolute atomic E-state index is 0.103. The summed E-state index contributed by atoms with van der Waals surface area (Å²) < 4.78 is 64.6. The minimum atomic E-state index is -4.79. The number of aromatic hydroxyl groups is 1. The Morgan fingerprint density at radius 3 is 2.20 bits per heavy atom. The van der Waals surface area contributed by atoms with E-state index in [1.807, 2.05) is 0 Å². The van der Waals surface area contributed by atoms with Gasteiger partial charge in [-0.1, -0.05) is 0 Å². The predicted octanol–water partition coefficient (Wildman–Crippen LogP) is 3.33. The molecule has 4 N–H and O–H groups in total. The van der Waals surface area contributed by atoms with Crippen molar-refractivity contribution < 1.29 is 31.0 Å². The van der Waals surface area contributed by atoms with Crippen LogP contribution in [0.25, 0.3) is 21.8 Å². The quantitative estimate of drug-likeness (QED) is 0.271. The van der Waals surface area contributed by atoms with E-state index in [1.165, 1.54) is 24.5 Å². The van der Waals surface area contributed by atoms with E-state index in [9.17, 15) is 26.5 Å². The van der Waals surface area contributed by atoms with Crippen molar-refractivity contribution in [3.63, 3.8) is 0 Å². The van der Waals surface area contributed by atoms with Crippen LogP contribution in [0, 0.1) is 0 Å². The Labute approximate surface area is 169 Å². The first-order valence-electron chi connectivity index (χ1n) is 8.14. The Morgan fingerprint density at radius 1 is 0.867 bits per heavy atom. The number of hydrogen-bond acceptors (Lipinski definition) is 8. The molecule has 0 saturated heterocycles. The average molecular weight is 448 g/mol. The number of fused-ring (bicyclic) bond motifs is 3. The summed E-state index contributed by atoms with van der Waals surface area (Å²) >= 11 is 0.